The zero-order chi connectivity index (χ0) is 25.8. The molecule has 194 valence electrons. The molecule has 0 radical (unpaired) electrons. The van der Waals surface area contributed by atoms with E-state index in [9.17, 15) is 9.90 Å². The lowest BCUT2D eigenvalue weighted by Gasteiger charge is -2.27. The average Bonchev–Trinajstić information content (AvgIpc) is 3.31. The summed E-state index contributed by atoms with van der Waals surface area (Å²) in [5, 5.41) is 18.3. The maximum absolute atomic E-state index is 13.3. The van der Waals surface area contributed by atoms with Crippen molar-refractivity contribution in [2.24, 2.45) is 0 Å². The zero-order valence-electron chi connectivity index (χ0n) is 20.9. The number of morpholine rings is 1. The third kappa shape index (κ3) is 5.18. The van der Waals surface area contributed by atoms with E-state index in [-0.39, 0.29) is 24.5 Å². The third-order valence-electron chi connectivity index (χ3n) is 6.66. The van der Waals surface area contributed by atoms with Crippen LogP contribution in [0.25, 0.3) is 21.9 Å². The van der Waals surface area contributed by atoms with Crippen LogP contribution in [0.4, 0.5) is 11.8 Å². The van der Waals surface area contributed by atoms with Crippen LogP contribution in [0.5, 0.6) is 0 Å². The van der Waals surface area contributed by atoms with Gasteiger partial charge in [0, 0.05) is 42.9 Å². The molecule has 0 unspecified atom stereocenters. The summed E-state index contributed by atoms with van der Waals surface area (Å²) in [6.45, 7) is 4.84. The molecule has 0 spiro atoms. The smallest absolute Gasteiger partial charge is 0.254 e. The number of nitrogens with one attached hydrogen (secondary N) is 1. The van der Waals surface area contributed by atoms with E-state index in [0.29, 0.717) is 56.2 Å². The molecule has 1 atom stereocenters. The SMILES string of the molecule is CCC[C@@H](CCO)Nc1nc(N)nc2cnn(Cc3ccc(C(=O)N4CCOCC4)c4cccnc34)c12. The quantitative estimate of drug-likeness (QED) is 0.313. The van der Waals surface area contributed by atoms with Crippen LogP contribution in [0.2, 0.25) is 0 Å². The van der Waals surface area contributed by atoms with Crippen molar-refractivity contribution < 1.29 is 14.6 Å². The van der Waals surface area contributed by atoms with E-state index in [1.54, 1.807) is 12.4 Å². The van der Waals surface area contributed by atoms with Crippen molar-refractivity contribution in [3.05, 3.63) is 47.8 Å². The molecule has 11 heteroatoms. The average molecular weight is 505 g/mol. The molecule has 1 aliphatic rings. The van der Waals surface area contributed by atoms with Gasteiger partial charge in [0.25, 0.3) is 5.91 Å². The molecule has 1 amide bonds. The monoisotopic (exact) mass is 504 g/mol. The van der Waals surface area contributed by atoms with Gasteiger partial charge in [-0.3, -0.25) is 14.5 Å². The number of fused-ring (bicyclic) bond motifs is 2. The zero-order valence-corrected chi connectivity index (χ0v) is 20.9. The summed E-state index contributed by atoms with van der Waals surface area (Å²) in [6.07, 6.45) is 5.85. The number of anilines is 2. The lowest BCUT2D eigenvalue weighted by atomic mass is 10.0. The molecule has 1 saturated heterocycles. The highest BCUT2D eigenvalue weighted by atomic mass is 16.5. The minimum absolute atomic E-state index is 0.0152. The van der Waals surface area contributed by atoms with E-state index in [4.69, 9.17) is 10.5 Å². The van der Waals surface area contributed by atoms with E-state index in [1.165, 1.54) is 0 Å². The molecule has 1 aromatic carbocycles. The molecule has 4 heterocycles. The number of nitrogens with two attached hydrogens (primary N) is 1. The maximum Gasteiger partial charge on any atom is 0.254 e. The number of aliphatic hydroxyl groups excluding tert-OH is 1. The second kappa shape index (κ2) is 11.1. The third-order valence-corrected chi connectivity index (χ3v) is 6.66. The Balaban J connectivity index is 1.52. The van der Waals surface area contributed by atoms with Crippen molar-refractivity contribution >= 4 is 39.6 Å². The van der Waals surface area contributed by atoms with Gasteiger partial charge in [-0.05, 0) is 30.5 Å². The van der Waals surface area contributed by atoms with Gasteiger partial charge in [0.2, 0.25) is 5.95 Å². The Morgan fingerprint density at radius 2 is 2.05 bits per heavy atom. The van der Waals surface area contributed by atoms with Crippen molar-refractivity contribution in [1.82, 2.24) is 29.6 Å². The lowest BCUT2D eigenvalue weighted by Crippen LogP contribution is -2.40. The second-order valence-electron chi connectivity index (χ2n) is 9.19. The van der Waals surface area contributed by atoms with E-state index in [2.05, 4.69) is 32.3 Å². The Kier molecular flexibility index (Phi) is 7.42. The van der Waals surface area contributed by atoms with Crippen molar-refractivity contribution in [2.45, 2.75) is 38.8 Å². The Labute approximate surface area is 214 Å². The molecule has 0 aliphatic carbocycles. The molecule has 11 nitrogen and oxygen atoms in total. The molecular weight excluding hydrogens is 472 g/mol. The fourth-order valence-corrected chi connectivity index (χ4v) is 4.87. The van der Waals surface area contributed by atoms with Gasteiger partial charge >= 0.3 is 0 Å². The highest BCUT2D eigenvalue weighted by molar-refractivity contribution is 6.07. The molecule has 37 heavy (non-hydrogen) atoms. The van der Waals surface area contributed by atoms with Crippen LogP contribution in [-0.2, 0) is 11.3 Å². The summed E-state index contributed by atoms with van der Waals surface area (Å²) >= 11 is 0. The topological polar surface area (TPSA) is 144 Å². The molecule has 1 fully saturated rings. The number of pyridine rings is 1. The van der Waals surface area contributed by atoms with Gasteiger partial charge in [0.15, 0.2) is 5.82 Å². The van der Waals surface area contributed by atoms with Gasteiger partial charge in [0.1, 0.15) is 11.0 Å². The molecule has 0 saturated carbocycles. The number of ether oxygens (including phenoxy) is 1. The number of aromatic nitrogens is 5. The van der Waals surface area contributed by atoms with Crippen LogP contribution in [0.15, 0.2) is 36.7 Å². The Morgan fingerprint density at radius 3 is 2.84 bits per heavy atom. The minimum Gasteiger partial charge on any atom is -0.396 e. The molecule has 5 rings (SSSR count). The number of nitrogen functional groups attached to an aromatic ring is 1. The molecule has 4 aromatic rings. The maximum atomic E-state index is 13.3. The number of amides is 1. The number of hydrogen-bond donors (Lipinski definition) is 3. The molecule has 4 N–H and O–H groups in total. The summed E-state index contributed by atoms with van der Waals surface area (Å²) in [5.41, 5.74) is 9.64. The predicted octanol–water partition coefficient (Wildman–Crippen LogP) is 2.44. The fraction of sp³-hybridized carbons (Fsp3) is 0.423. The molecule has 3 aromatic heterocycles. The summed E-state index contributed by atoms with van der Waals surface area (Å²) in [7, 11) is 0. The molecular formula is C26H32N8O3. The van der Waals surface area contributed by atoms with Crippen LogP contribution < -0.4 is 11.1 Å². The van der Waals surface area contributed by atoms with Crippen molar-refractivity contribution in [3.63, 3.8) is 0 Å². The first-order chi connectivity index (χ1) is 18.1. The highest BCUT2D eigenvalue weighted by Crippen LogP contribution is 2.27. The van der Waals surface area contributed by atoms with Gasteiger partial charge < -0.3 is 25.8 Å². The molecule has 0 bridgehead atoms. The largest absolute Gasteiger partial charge is 0.396 e. The van der Waals surface area contributed by atoms with Gasteiger partial charge in [-0.15, -0.1) is 0 Å². The standard InChI is InChI=1S/C26H32N8O3/c1-2-4-18(8-12-35)30-24-23-21(31-26(27)32-24)15-29-34(23)16-17-6-7-20(19-5-3-9-28-22(17)19)25(36)33-10-13-37-14-11-33/h3,5-7,9,15,18,35H,2,4,8,10-14,16H2,1H3,(H3,27,30,31,32)/t18-/m0/s1. The first kappa shape index (κ1) is 24.8. The number of hydrogen-bond acceptors (Lipinski definition) is 9. The van der Waals surface area contributed by atoms with Gasteiger partial charge in [-0.1, -0.05) is 25.5 Å². The summed E-state index contributed by atoms with van der Waals surface area (Å²) < 4.78 is 7.23. The summed E-state index contributed by atoms with van der Waals surface area (Å²) in [4.78, 5) is 28.6. The van der Waals surface area contributed by atoms with Crippen molar-refractivity contribution in [3.8, 4) is 0 Å². The summed E-state index contributed by atoms with van der Waals surface area (Å²) in [6, 6.07) is 7.63. The fourth-order valence-electron chi connectivity index (χ4n) is 4.87. The number of benzene rings is 1. The highest BCUT2D eigenvalue weighted by Gasteiger charge is 2.22. The van der Waals surface area contributed by atoms with Crippen LogP contribution in [0.3, 0.4) is 0 Å². The van der Waals surface area contributed by atoms with Gasteiger partial charge in [-0.25, -0.2) is 4.98 Å². The van der Waals surface area contributed by atoms with Crippen LogP contribution in [-0.4, -0.2) is 79.6 Å². The predicted molar refractivity (Wildman–Crippen MR) is 141 cm³/mol. The number of nitrogens with zero attached hydrogens (tertiary/aromatic N) is 6. The van der Waals surface area contributed by atoms with Crippen LogP contribution >= 0.6 is 0 Å². The van der Waals surface area contributed by atoms with Crippen molar-refractivity contribution in [1.29, 1.82) is 0 Å². The van der Waals surface area contributed by atoms with E-state index >= 15 is 0 Å². The normalized spacial score (nSPS) is 14.8. The number of carbonyl (C=O) groups excluding carboxylic acids is 1. The summed E-state index contributed by atoms with van der Waals surface area (Å²) in [5.74, 6) is 0.730. The Bertz CT molecular complexity index is 1390. The van der Waals surface area contributed by atoms with E-state index < -0.39 is 0 Å². The minimum atomic E-state index is -0.0152. The Morgan fingerprint density at radius 1 is 1.22 bits per heavy atom. The van der Waals surface area contributed by atoms with Gasteiger partial charge in [0.05, 0.1) is 31.5 Å². The first-order valence-corrected chi connectivity index (χ1v) is 12.7. The van der Waals surface area contributed by atoms with E-state index in [0.717, 1.165) is 34.8 Å². The Hall–Kier alpha value is -3.83. The number of aliphatic hydroxyl groups is 1. The van der Waals surface area contributed by atoms with Crippen LogP contribution in [0.1, 0.15) is 42.1 Å². The number of carbonyl (C=O) groups is 1. The lowest BCUT2D eigenvalue weighted by molar-refractivity contribution is 0.0304. The van der Waals surface area contributed by atoms with Crippen molar-refractivity contribution in [2.75, 3.05) is 44.0 Å². The van der Waals surface area contributed by atoms with Crippen LogP contribution in [0, 0.1) is 0 Å². The second-order valence-corrected chi connectivity index (χ2v) is 9.19. The van der Waals surface area contributed by atoms with E-state index in [1.807, 2.05) is 33.8 Å². The number of rotatable bonds is 9. The van der Waals surface area contributed by atoms with Gasteiger partial charge in [-0.2, -0.15) is 10.1 Å². The first-order valence-electron chi connectivity index (χ1n) is 12.7. The molecule has 1 aliphatic heterocycles.